The van der Waals surface area contributed by atoms with Crippen LogP contribution < -0.4 is 11.1 Å². The quantitative estimate of drug-likeness (QED) is 0.182. The second-order valence-electron chi connectivity index (χ2n) is 37.2. The van der Waals surface area contributed by atoms with E-state index >= 15 is 0 Å². The van der Waals surface area contributed by atoms with Gasteiger partial charge in [0.1, 0.15) is 0 Å². The first kappa shape index (κ1) is 92.6. The summed E-state index contributed by atoms with van der Waals surface area (Å²) in [5, 5.41) is 3.12. The molecule has 542 valence electrons. The van der Waals surface area contributed by atoms with Crippen LogP contribution >= 0.6 is 0 Å². The fourth-order valence-electron chi connectivity index (χ4n) is 10.3. The number of piperidine rings is 2. The van der Waals surface area contributed by atoms with Crippen LogP contribution in [0.5, 0.6) is 0 Å². The minimum Gasteiger partial charge on any atom is -0.379 e. The number of hydrogen-bond donors (Lipinski definition) is 2. The molecule has 0 bridgehead atoms. The zero-order valence-corrected chi connectivity index (χ0v) is 66.5. The standard InChI is InChI=1S/C16H30N2O2.C11H21NO.C11H19NO.C10H21N.C8H17NO.C8H19N.C7H17N.C6H15N/c1-16(2,3)12-15(19)18-6-4-14(5-7-18)13-17-8-10-20-11-9-17;2*1-11(2,3)9-10(13)12-7-5-4-6-8-12;1-10(2,3)8-9-6-5-7-11(9)4;1-8(2,3)6-7(10)9(4)5;1-8(2,3)6-7-9(4)5;1-7(2,3)5-6-8-4;1-6(2,3)4-5-7/h14H,4-13H2,1-3H3;4-9H2,1-3H3;4-5H,6-9H2,1-3H3;9H,5-8H2,1-4H3;6H2,1-5H3;6-7H2,1-5H3;8H,5-6H2,1-4H3;4-5,7H2,1-3H3/t;;;9-;;;;/m...1..../s1. The lowest BCUT2D eigenvalue weighted by Gasteiger charge is -2.36. The highest BCUT2D eigenvalue weighted by Crippen LogP contribution is 2.30. The van der Waals surface area contributed by atoms with Crippen LogP contribution in [0, 0.1) is 49.2 Å². The summed E-state index contributed by atoms with van der Waals surface area (Å²) < 4.78 is 5.39. The topological polar surface area (TPSA) is 138 Å². The number of morpholine rings is 1. The van der Waals surface area contributed by atoms with Crippen molar-refractivity contribution in [2.75, 3.05) is 141 Å². The van der Waals surface area contributed by atoms with E-state index in [1.807, 2.05) is 16.8 Å². The monoisotopic (exact) mass is 1290 g/mol. The molecule has 3 N–H and O–H groups in total. The molecule has 0 aromatic carbocycles. The molecule has 5 aliphatic rings. The minimum atomic E-state index is 0.0989. The Balaban J connectivity index is -0.000000995. The van der Waals surface area contributed by atoms with Crippen LogP contribution in [0.3, 0.4) is 0 Å². The van der Waals surface area contributed by atoms with Crippen LogP contribution in [0.2, 0.25) is 0 Å². The third-order valence-electron chi connectivity index (χ3n) is 15.8. The third kappa shape index (κ3) is 62.0. The molecule has 91 heavy (non-hydrogen) atoms. The number of carbonyl (C=O) groups excluding carboxylic acids is 4. The van der Waals surface area contributed by atoms with Gasteiger partial charge in [-0.25, -0.2) is 0 Å². The van der Waals surface area contributed by atoms with Crippen molar-refractivity contribution in [2.24, 2.45) is 55.0 Å². The average molecular weight is 1290 g/mol. The van der Waals surface area contributed by atoms with Gasteiger partial charge in [-0.15, -0.1) is 0 Å². The third-order valence-corrected chi connectivity index (χ3v) is 15.8. The number of ether oxygens (including phenoxy) is 1. The summed E-state index contributed by atoms with van der Waals surface area (Å²) in [6.45, 7) is 67.5. The van der Waals surface area contributed by atoms with Crippen molar-refractivity contribution in [3.8, 4) is 0 Å². The molecule has 0 aromatic rings. The van der Waals surface area contributed by atoms with Gasteiger partial charge in [0.2, 0.25) is 23.6 Å². The van der Waals surface area contributed by atoms with Gasteiger partial charge in [0.25, 0.3) is 0 Å². The molecule has 4 saturated heterocycles. The molecule has 5 aliphatic heterocycles. The van der Waals surface area contributed by atoms with Crippen molar-refractivity contribution >= 4 is 23.6 Å². The molecule has 14 nitrogen and oxygen atoms in total. The molecular formula is C77H159N9O5. The van der Waals surface area contributed by atoms with Gasteiger partial charge in [0, 0.05) is 105 Å². The summed E-state index contributed by atoms with van der Waals surface area (Å²) in [6, 6.07) is 0.856. The number of rotatable bonds is 12. The van der Waals surface area contributed by atoms with Gasteiger partial charge in [-0.3, -0.25) is 24.1 Å². The zero-order valence-electron chi connectivity index (χ0n) is 66.5. The predicted molar refractivity (Wildman–Crippen MR) is 396 cm³/mol. The Morgan fingerprint density at radius 3 is 1.23 bits per heavy atom. The van der Waals surface area contributed by atoms with Gasteiger partial charge in [-0.1, -0.05) is 178 Å². The lowest BCUT2D eigenvalue weighted by molar-refractivity contribution is -0.135. The molecule has 5 heterocycles. The largest absolute Gasteiger partial charge is 0.379 e. The Hall–Kier alpha value is -2.62. The Labute approximate surface area is 567 Å². The zero-order chi connectivity index (χ0) is 71.3. The summed E-state index contributed by atoms with van der Waals surface area (Å²) in [5.74, 6) is 1.92. The van der Waals surface area contributed by atoms with E-state index in [1.54, 1.807) is 19.0 Å². The van der Waals surface area contributed by atoms with Crippen molar-refractivity contribution in [3.63, 3.8) is 0 Å². The average Bonchev–Trinajstić information content (AvgIpc) is 2.05. The van der Waals surface area contributed by atoms with Gasteiger partial charge in [-0.2, -0.15) is 0 Å². The maximum Gasteiger partial charge on any atom is 0.223 e. The van der Waals surface area contributed by atoms with E-state index in [1.165, 1.54) is 71.0 Å². The van der Waals surface area contributed by atoms with Gasteiger partial charge < -0.3 is 45.2 Å². The molecule has 14 heteroatoms. The van der Waals surface area contributed by atoms with E-state index in [-0.39, 0.29) is 33.5 Å². The maximum absolute atomic E-state index is 12.2. The second kappa shape index (κ2) is 45.7. The number of hydrogen-bond acceptors (Lipinski definition) is 10. The minimum absolute atomic E-state index is 0.0989. The summed E-state index contributed by atoms with van der Waals surface area (Å²) in [5.41, 5.74) is 7.68. The normalized spacial score (nSPS) is 18.1. The molecule has 0 radical (unpaired) electrons. The molecule has 1 atom stereocenters. The number of likely N-dealkylation sites (tertiary alicyclic amines) is 3. The van der Waals surface area contributed by atoms with Crippen LogP contribution in [0.1, 0.15) is 269 Å². The van der Waals surface area contributed by atoms with Crippen molar-refractivity contribution in [3.05, 3.63) is 12.2 Å². The number of nitrogens with zero attached hydrogens (tertiary/aromatic N) is 7. The Morgan fingerprint density at radius 2 is 0.934 bits per heavy atom. The fraction of sp³-hybridized carbons (Fsp3) is 0.922. The van der Waals surface area contributed by atoms with Crippen LogP contribution in [0.25, 0.3) is 0 Å². The van der Waals surface area contributed by atoms with Crippen LogP contribution in [0.15, 0.2) is 12.2 Å². The highest BCUT2D eigenvalue weighted by atomic mass is 16.5. The molecule has 0 spiro atoms. The van der Waals surface area contributed by atoms with E-state index in [9.17, 15) is 19.2 Å². The molecule has 0 unspecified atom stereocenters. The first-order chi connectivity index (χ1) is 41.3. The van der Waals surface area contributed by atoms with Crippen molar-refractivity contribution in [1.82, 2.24) is 39.6 Å². The van der Waals surface area contributed by atoms with Crippen LogP contribution in [-0.2, 0) is 23.9 Å². The smallest absolute Gasteiger partial charge is 0.223 e. The highest BCUT2D eigenvalue weighted by Gasteiger charge is 2.29. The summed E-state index contributed by atoms with van der Waals surface area (Å²) in [7, 11) is 12.1. The van der Waals surface area contributed by atoms with Crippen LogP contribution in [-0.4, -0.2) is 205 Å². The molecular weight excluding hydrogens is 1130 g/mol. The first-order valence-corrected chi connectivity index (χ1v) is 36.0. The number of amides is 4. The van der Waals surface area contributed by atoms with E-state index in [0.717, 1.165) is 116 Å². The molecule has 4 fully saturated rings. The Kier molecular flexibility index (Phi) is 46.5. The maximum atomic E-state index is 12.2. The Bertz CT molecular complexity index is 1890. The number of nitrogens with two attached hydrogens (primary N) is 1. The fourth-order valence-corrected chi connectivity index (χ4v) is 10.3. The molecule has 4 amide bonds. The van der Waals surface area contributed by atoms with E-state index in [0.29, 0.717) is 59.2 Å². The summed E-state index contributed by atoms with van der Waals surface area (Å²) in [6.07, 6.45) is 21.7. The van der Waals surface area contributed by atoms with E-state index in [4.69, 9.17) is 10.5 Å². The van der Waals surface area contributed by atoms with Crippen molar-refractivity contribution in [1.29, 1.82) is 0 Å². The molecule has 5 rings (SSSR count). The van der Waals surface area contributed by atoms with Gasteiger partial charge >= 0.3 is 0 Å². The van der Waals surface area contributed by atoms with Crippen molar-refractivity contribution < 1.29 is 23.9 Å². The molecule has 0 aromatic heterocycles. The van der Waals surface area contributed by atoms with E-state index in [2.05, 4.69) is 224 Å². The summed E-state index contributed by atoms with van der Waals surface area (Å²) >= 11 is 0. The predicted octanol–water partition coefficient (Wildman–Crippen LogP) is 15.7. The SMILES string of the molecule is CC(C)(C)CC(=O)N1CC=CCC1.CC(C)(C)CC(=O)N1CCC(CN2CCOCC2)CC1.CC(C)(C)CC(=O)N1CCCCC1.CC(C)(C)CCN.CN(C)C(=O)CC(C)(C)C.CN(C)CCC(C)(C)C.CN1CCC[C@@H]1CC(C)(C)C.CNCCC(C)(C)C. The highest BCUT2D eigenvalue weighted by molar-refractivity contribution is 5.78. The lowest BCUT2D eigenvalue weighted by atomic mass is 9.87. The lowest BCUT2D eigenvalue weighted by Crippen LogP contribution is -2.44. The van der Waals surface area contributed by atoms with Gasteiger partial charge in [0.05, 0.1) is 13.2 Å². The van der Waals surface area contributed by atoms with Gasteiger partial charge in [-0.05, 0) is 181 Å². The molecule has 0 aliphatic carbocycles. The van der Waals surface area contributed by atoms with E-state index < -0.39 is 0 Å². The number of nitrogens with one attached hydrogen (secondary N) is 1. The molecule has 0 saturated carbocycles. The van der Waals surface area contributed by atoms with Crippen LogP contribution in [0.4, 0.5) is 0 Å². The Morgan fingerprint density at radius 1 is 0.495 bits per heavy atom. The first-order valence-electron chi connectivity index (χ1n) is 36.0. The van der Waals surface area contributed by atoms with Crippen molar-refractivity contribution in [2.45, 2.75) is 275 Å². The van der Waals surface area contributed by atoms with Gasteiger partial charge in [0.15, 0.2) is 0 Å². The summed E-state index contributed by atoms with van der Waals surface area (Å²) in [4.78, 5) is 61.6. The second-order valence-corrected chi connectivity index (χ2v) is 37.2. The number of carbonyl (C=O) groups is 4.